The molecule has 0 spiro atoms. The molecule has 1 aliphatic carbocycles. The number of halogens is 1. The molecule has 4 heterocycles. The lowest BCUT2D eigenvalue weighted by atomic mass is 10.0. The molecule has 3 aromatic rings. The van der Waals surface area contributed by atoms with Gasteiger partial charge < -0.3 is 29.4 Å². The fourth-order valence-electron chi connectivity index (χ4n) is 7.00. The average Bonchev–Trinajstić information content (AvgIpc) is 3.84. The second-order valence-corrected chi connectivity index (χ2v) is 12.9. The summed E-state index contributed by atoms with van der Waals surface area (Å²) in [5.41, 5.74) is 3.19. The van der Waals surface area contributed by atoms with E-state index in [2.05, 4.69) is 52.1 Å². The molecule has 0 unspecified atom stereocenters. The van der Waals surface area contributed by atoms with Crippen molar-refractivity contribution in [2.45, 2.75) is 57.2 Å². The Morgan fingerprint density at radius 3 is 2.59 bits per heavy atom. The van der Waals surface area contributed by atoms with E-state index in [4.69, 9.17) is 36.2 Å². The van der Waals surface area contributed by atoms with E-state index in [1.807, 2.05) is 17.0 Å². The molecule has 1 aromatic heterocycles. The predicted octanol–water partition coefficient (Wildman–Crippen LogP) is 4.36. The molecule has 0 bridgehead atoms. The summed E-state index contributed by atoms with van der Waals surface area (Å²) in [6.45, 7) is 4.68. The number of nitrogens with zero attached hydrogens (tertiary/aromatic N) is 7. The Labute approximate surface area is 274 Å². The fraction of sp³-hybridized carbons (Fsp3) is 0.500. The molecule has 2 aromatic carbocycles. The molecule has 3 fully saturated rings. The summed E-state index contributed by atoms with van der Waals surface area (Å²) in [6.07, 6.45) is 5.31. The number of likely N-dealkylation sites (tertiary alicyclic amines) is 1. The van der Waals surface area contributed by atoms with Gasteiger partial charge in [-0.25, -0.2) is 0 Å². The summed E-state index contributed by atoms with van der Waals surface area (Å²) in [5, 5.41) is 19.4. The molecule has 4 aliphatic rings. The van der Waals surface area contributed by atoms with Crippen molar-refractivity contribution >= 4 is 46.3 Å². The van der Waals surface area contributed by atoms with Crippen molar-refractivity contribution in [1.82, 2.24) is 19.8 Å². The summed E-state index contributed by atoms with van der Waals surface area (Å²) in [4.78, 5) is 40.3. The molecule has 3 aliphatic heterocycles. The highest BCUT2D eigenvalue weighted by molar-refractivity contribution is 6.36. The average molecular weight is 646 g/mol. The van der Waals surface area contributed by atoms with E-state index in [9.17, 15) is 10.1 Å². The van der Waals surface area contributed by atoms with Crippen LogP contribution in [0.25, 0.3) is 10.8 Å². The first-order valence-electron chi connectivity index (χ1n) is 16.1. The van der Waals surface area contributed by atoms with Crippen LogP contribution in [0.2, 0.25) is 5.02 Å². The number of benzene rings is 2. The van der Waals surface area contributed by atoms with Crippen LogP contribution in [-0.2, 0) is 22.6 Å². The maximum atomic E-state index is 13.0. The highest BCUT2D eigenvalue weighted by atomic mass is 35.5. The number of likely N-dealkylation sites (N-methyl/N-ethyl adjacent to an activating group) is 1. The van der Waals surface area contributed by atoms with Crippen molar-refractivity contribution in [3.63, 3.8) is 0 Å². The van der Waals surface area contributed by atoms with Gasteiger partial charge in [-0.1, -0.05) is 35.9 Å². The van der Waals surface area contributed by atoms with Gasteiger partial charge in [0.05, 0.1) is 35.8 Å². The summed E-state index contributed by atoms with van der Waals surface area (Å²) in [6, 6.07) is 15.3. The molecule has 1 N–H and O–H groups in total. The lowest BCUT2D eigenvalue weighted by molar-refractivity contribution is -0.135. The normalized spacial score (nSPS) is 21.3. The molecule has 1 saturated carbocycles. The van der Waals surface area contributed by atoms with Gasteiger partial charge in [-0.2, -0.15) is 15.2 Å². The van der Waals surface area contributed by atoms with Crippen LogP contribution in [0.4, 0.5) is 11.5 Å². The van der Waals surface area contributed by atoms with Gasteiger partial charge in [0.15, 0.2) is 0 Å². The van der Waals surface area contributed by atoms with Crippen LogP contribution in [0.1, 0.15) is 43.4 Å². The Morgan fingerprint density at radius 1 is 1.09 bits per heavy atom. The van der Waals surface area contributed by atoms with Crippen LogP contribution in [-0.4, -0.2) is 95.7 Å². The van der Waals surface area contributed by atoms with Gasteiger partial charge in [-0.3, -0.25) is 9.59 Å². The number of nitriles is 1. The topological polar surface area (TPSA) is 126 Å². The molecule has 12 heteroatoms. The monoisotopic (exact) mass is 645 g/mol. The molecule has 242 valence electrons. The van der Waals surface area contributed by atoms with Crippen molar-refractivity contribution in [3.8, 4) is 12.1 Å². The Bertz CT molecular complexity index is 1620. The molecule has 2 saturated heterocycles. The van der Waals surface area contributed by atoms with Gasteiger partial charge >= 0.3 is 6.01 Å². The zero-order valence-electron chi connectivity index (χ0n) is 26.1. The first kappa shape index (κ1) is 31.8. The van der Waals surface area contributed by atoms with Crippen molar-refractivity contribution in [2.75, 3.05) is 56.2 Å². The number of hydrogen-bond donors (Lipinski definition) is 1. The molecule has 0 radical (unpaired) electrons. The second-order valence-electron chi connectivity index (χ2n) is 12.5. The zero-order chi connectivity index (χ0) is 32.2. The fourth-order valence-corrected chi connectivity index (χ4v) is 7.28. The Balaban J connectivity index is 0.00000119. The molecule has 46 heavy (non-hydrogen) atoms. The third-order valence-electron chi connectivity index (χ3n) is 9.59. The van der Waals surface area contributed by atoms with Crippen molar-refractivity contribution in [2.24, 2.45) is 5.92 Å². The van der Waals surface area contributed by atoms with Crippen LogP contribution in [0, 0.1) is 17.2 Å². The van der Waals surface area contributed by atoms with Crippen molar-refractivity contribution in [1.29, 1.82) is 5.26 Å². The van der Waals surface area contributed by atoms with E-state index in [0.717, 1.165) is 77.3 Å². The zero-order valence-corrected chi connectivity index (χ0v) is 26.9. The smallest absolute Gasteiger partial charge is 0.318 e. The third kappa shape index (κ3) is 6.69. The maximum Gasteiger partial charge on any atom is 0.318 e. The lowest BCUT2D eigenvalue weighted by Crippen LogP contribution is -2.56. The van der Waals surface area contributed by atoms with Crippen LogP contribution in [0.5, 0.6) is 6.01 Å². The largest absolute Gasteiger partial charge is 0.483 e. The number of amides is 1. The summed E-state index contributed by atoms with van der Waals surface area (Å²) in [5.74, 6) is 1.23. The lowest BCUT2D eigenvalue weighted by Gasteiger charge is -2.42. The van der Waals surface area contributed by atoms with Crippen LogP contribution >= 0.6 is 11.6 Å². The second kappa shape index (κ2) is 14.1. The highest BCUT2D eigenvalue weighted by Gasteiger charge is 2.40. The molecule has 11 nitrogen and oxygen atoms in total. The van der Waals surface area contributed by atoms with Gasteiger partial charge in [-0.15, -0.1) is 0 Å². The number of fused-ring (bicyclic) bond motifs is 2. The van der Waals surface area contributed by atoms with E-state index < -0.39 is 0 Å². The maximum absolute atomic E-state index is 13.0. The number of ether oxygens (including phenoxy) is 1. The van der Waals surface area contributed by atoms with Crippen LogP contribution in [0.3, 0.4) is 0 Å². The Hall–Kier alpha value is -4.14. The molecular weight excluding hydrogens is 606 g/mol. The van der Waals surface area contributed by atoms with Crippen molar-refractivity contribution < 1.29 is 19.4 Å². The van der Waals surface area contributed by atoms with E-state index in [1.165, 1.54) is 6.42 Å². The van der Waals surface area contributed by atoms with E-state index >= 15 is 0 Å². The van der Waals surface area contributed by atoms with Crippen LogP contribution < -0.4 is 14.5 Å². The minimum atomic E-state index is -0.250. The first-order chi connectivity index (χ1) is 22.4. The summed E-state index contributed by atoms with van der Waals surface area (Å²) < 4.78 is 6.31. The molecular formula is C34H40ClN7O4. The SMILES string of the molecule is CN1CCC[C@H]1COc1nc2c(c(N3CCN(C(=O)C4CC4)[C@@H](CC#N)C3)n1)CCN(c1cccc3cccc(Cl)c13)C2.O=CO. The number of piperazine rings is 1. The Morgan fingerprint density at radius 2 is 1.87 bits per heavy atom. The Kier molecular flexibility index (Phi) is 9.75. The van der Waals surface area contributed by atoms with E-state index in [0.29, 0.717) is 51.3 Å². The minimum absolute atomic E-state index is 0.141. The number of carbonyl (C=O) groups excluding carboxylic acids is 1. The summed E-state index contributed by atoms with van der Waals surface area (Å²) >= 11 is 6.71. The summed E-state index contributed by atoms with van der Waals surface area (Å²) in [7, 11) is 2.14. The van der Waals surface area contributed by atoms with E-state index in [-0.39, 0.29) is 24.3 Å². The number of hydrogen-bond acceptors (Lipinski definition) is 9. The number of carboxylic acid groups (broad SMARTS) is 1. The van der Waals surface area contributed by atoms with Gasteiger partial charge in [0.25, 0.3) is 6.47 Å². The van der Waals surface area contributed by atoms with Gasteiger partial charge in [0.1, 0.15) is 12.4 Å². The van der Waals surface area contributed by atoms with Gasteiger partial charge in [0, 0.05) is 54.8 Å². The predicted molar refractivity (Wildman–Crippen MR) is 176 cm³/mol. The quantitative estimate of drug-likeness (QED) is 0.371. The number of anilines is 2. The standard InChI is InChI=1S/C33H38ClN7O2.CH2O2/c1-38-15-4-7-25(38)21-43-33-36-28-20-39(29-9-3-6-22-5-2-8-27(34)30(22)29)16-13-26(28)31(37-33)40-17-18-41(24(19-40)12-14-35)32(42)23-10-11-23;2-1-3/h2-3,5-6,8-9,23-25H,4,7,10-13,15-21H2,1H3;1H,(H,2,3)/t24-,25-;/m0./s1. The minimum Gasteiger partial charge on any atom is -0.483 e. The number of aromatic nitrogens is 2. The third-order valence-corrected chi connectivity index (χ3v) is 9.91. The molecule has 7 rings (SSSR count). The van der Waals surface area contributed by atoms with Crippen molar-refractivity contribution in [3.05, 3.63) is 52.7 Å². The number of carbonyl (C=O) groups is 2. The van der Waals surface area contributed by atoms with Gasteiger partial charge in [-0.05, 0) is 63.2 Å². The van der Waals surface area contributed by atoms with Crippen LogP contribution in [0.15, 0.2) is 36.4 Å². The first-order valence-corrected chi connectivity index (χ1v) is 16.4. The number of rotatable bonds is 7. The van der Waals surface area contributed by atoms with Gasteiger partial charge in [0.2, 0.25) is 5.91 Å². The molecule has 2 atom stereocenters. The van der Waals surface area contributed by atoms with E-state index in [1.54, 1.807) is 0 Å². The highest BCUT2D eigenvalue weighted by Crippen LogP contribution is 2.38. The molecule has 1 amide bonds.